The molecule has 1 aromatic heterocycles. The van der Waals surface area contributed by atoms with E-state index in [0.29, 0.717) is 21.8 Å². The average molecular weight is 593 g/mol. The van der Waals surface area contributed by atoms with Crippen LogP contribution in [0.1, 0.15) is 50.5 Å². The standard InChI is InChI=1S/C27H37FN6O4S2/c1-17(2)38-27(35)34-19-5-3-18(4-6-19)26-32-14-24(39-26)23-8-7-20(33-21(12-29)13-31-10-9-28)11-25(23)40(30,36)22-15-37-16-22/h7-8,11-14,17-19,22,29-31,33H,3-6,9-10,15-16H2,1-2H3,(H,34,35)/b21-13+,29-12?. The lowest BCUT2D eigenvalue weighted by Crippen LogP contribution is -2.40. The summed E-state index contributed by atoms with van der Waals surface area (Å²) in [5.41, 5.74) is 1.67. The van der Waals surface area contributed by atoms with Crippen molar-refractivity contribution in [3.8, 4) is 10.4 Å². The van der Waals surface area contributed by atoms with Gasteiger partial charge in [0.15, 0.2) is 0 Å². The van der Waals surface area contributed by atoms with Crippen molar-refractivity contribution in [1.29, 1.82) is 10.2 Å². The first kappa shape index (κ1) is 29.9. The predicted molar refractivity (Wildman–Crippen MR) is 156 cm³/mol. The van der Waals surface area contributed by atoms with E-state index in [0.717, 1.165) is 41.8 Å². The normalized spacial score (nSPS) is 21.2. The molecule has 1 atom stereocenters. The van der Waals surface area contributed by atoms with E-state index in [1.807, 2.05) is 26.0 Å². The molecule has 1 saturated heterocycles. The molecule has 5 N–H and O–H groups in total. The van der Waals surface area contributed by atoms with E-state index in [1.54, 1.807) is 23.6 Å². The van der Waals surface area contributed by atoms with Crippen LogP contribution < -0.4 is 16.0 Å². The van der Waals surface area contributed by atoms with E-state index in [-0.39, 0.29) is 43.9 Å². The number of amides is 1. The smallest absolute Gasteiger partial charge is 0.407 e. The molecule has 2 aromatic rings. The number of anilines is 1. The molecule has 4 rings (SSSR count). The van der Waals surface area contributed by atoms with Crippen LogP contribution in [-0.2, 0) is 19.2 Å². The van der Waals surface area contributed by atoms with E-state index in [4.69, 9.17) is 24.6 Å². The van der Waals surface area contributed by atoms with Gasteiger partial charge in [-0.2, -0.15) is 0 Å². The number of nitrogens with zero attached hydrogens (tertiary/aromatic N) is 1. The number of carbonyl (C=O) groups is 1. The Labute approximate surface area is 238 Å². The quantitative estimate of drug-likeness (QED) is 0.167. The first-order valence-electron chi connectivity index (χ1n) is 13.4. The molecular weight excluding hydrogens is 555 g/mol. The number of hydrogen-bond acceptors (Lipinski definition) is 10. The third-order valence-electron chi connectivity index (χ3n) is 6.86. The van der Waals surface area contributed by atoms with Crippen LogP contribution in [0, 0.1) is 10.2 Å². The molecule has 1 aliphatic carbocycles. The fourth-order valence-electron chi connectivity index (χ4n) is 4.66. The number of alkyl carbamates (subject to hydrolysis) is 1. The Balaban J connectivity index is 1.53. The molecule has 13 heteroatoms. The summed E-state index contributed by atoms with van der Waals surface area (Å²) in [6, 6.07) is 5.42. The third kappa shape index (κ3) is 7.38. The zero-order chi connectivity index (χ0) is 28.7. The minimum absolute atomic E-state index is 0.0818. The molecule has 0 bridgehead atoms. The Morgan fingerprint density at radius 3 is 2.67 bits per heavy atom. The molecule has 1 amide bonds. The Morgan fingerprint density at radius 2 is 2.05 bits per heavy atom. The summed E-state index contributed by atoms with van der Waals surface area (Å²) < 4.78 is 45.5. The van der Waals surface area contributed by atoms with E-state index in [9.17, 15) is 13.4 Å². The molecular formula is C27H37FN6O4S2. The number of ether oxygens (including phenoxy) is 2. The number of rotatable bonds is 12. The number of nitrogens with one attached hydrogen (secondary N) is 5. The zero-order valence-corrected chi connectivity index (χ0v) is 24.3. The first-order valence-corrected chi connectivity index (χ1v) is 15.8. The maximum atomic E-state index is 13.8. The van der Waals surface area contributed by atoms with Crippen LogP contribution in [0.4, 0.5) is 14.9 Å². The molecule has 2 heterocycles. The Kier molecular flexibility index (Phi) is 10.1. The number of thiazole rings is 1. The highest BCUT2D eigenvalue weighted by molar-refractivity contribution is 7.93. The molecule has 0 radical (unpaired) electrons. The van der Waals surface area contributed by atoms with Crippen molar-refractivity contribution >= 4 is 39.1 Å². The van der Waals surface area contributed by atoms with Gasteiger partial charge in [0.2, 0.25) is 0 Å². The largest absolute Gasteiger partial charge is 0.447 e. The maximum Gasteiger partial charge on any atom is 0.407 e. The van der Waals surface area contributed by atoms with E-state index < -0.39 is 21.7 Å². The van der Waals surface area contributed by atoms with E-state index in [1.165, 1.54) is 6.20 Å². The lowest BCUT2D eigenvalue weighted by Gasteiger charge is -2.29. The summed E-state index contributed by atoms with van der Waals surface area (Å²) in [6.07, 6.45) is 7.30. The van der Waals surface area contributed by atoms with Crippen molar-refractivity contribution in [2.45, 2.75) is 67.7 Å². The molecule has 1 unspecified atom stereocenters. The van der Waals surface area contributed by atoms with Crippen molar-refractivity contribution in [3.63, 3.8) is 0 Å². The lowest BCUT2D eigenvalue weighted by atomic mass is 9.86. The van der Waals surface area contributed by atoms with Crippen LogP contribution in [0.2, 0.25) is 0 Å². The van der Waals surface area contributed by atoms with Gasteiger partial charge in [0.1, 0.15) is 6.67 Å². The lowest BCUT2D eigenvalue weighted by molar-refractivity contribution is 0.0427. The van der Waals surface area contributed by atoms with Gasteiger partial charge >= 0.3 is 6.09 Å². The molecule has 1 aromatic carbocycles. The van der Waals surface area contributed by atoms with Gasteiger partial charge in [-0.15, -0.1) is 11.3 Å². The topological polar surface area (TPSA) is 149 Å². The molecule has 218 valence electrons. The van der Waals surface area contributed by atoms with Crippen LogP contribution in [0.25, 0.3) is 10.4 Å². The second kappa shape index (κ2) is 13.6. The molecule has 10 nitrogen and oxygen atoms in total. The van der Waals surface area contributed by atoms with Gasteiger partial charge in [-0.05, 0) is 51.7 Å². The summed E-state index contributed by atoms with van der Waals surface area (Å²) >= 11 is 1.54. The second-order valence-corrected chi connectivity index (χ2v) is 13.6. The molecule has 1 aliphatic heterocycles. The highest BCUT2D eigenvalue weighted by atomic mass is 32.2. The van der Waals surface area contributed by atoms with Gasteiger partial charge in [-0.1, -0.05) is 6.07 Å². The fraction of sp³-hybridized carbons (Fsp3) is 0.519. The summed E-state index contributed by atoms with van der Waals surface area (Å²) in [5, 5.41) is 17.0. The van der Waals surface area contributed by atoms with Crippen molar-refractivity contribution in [2.75, 3.05) is 31.7 Å². The summed E-state index contributed by atoms with van der Waals surface area (Å²) in [7, 11) is -3.19. The predicted octanol–water partition coefficient (Wildman–Crippen LogP) is 5.24. The fourth-order valence-corrected chi connectivity index (χ4v) is 7.59. The number of carbonyl (C=O) groups excluding carboxylic acids is 1. The number of halogens is 1. The van der Waals surface area contributed by atoms with Crippen LogP contribution in [-0.4, -0.2) is 65.3 Å². The van der Waals surface area contributed by atoms with Gasteiger partial charge in [0.05, 0.1) is 54.8 Å². The van der Waals surface area contributed by atoms with E-state index in [2.05, 4.69) is 16.0 Å². The van der Waals surface area contributed by atoms with Crippen molar-refractivity contribution in [3.05, 3.63) is 41.3 Å². The van der Waals surface area contributed by atoms with Gasteiger partial charge in [0, 0.05) is 48.4 Å². The zero-order valence-electron chi connectivity index (χ0n) is 22.7. The number of alkyl halides is 1. The summed E-state index contributed by atoms with van der Waals surface area (Å²) in [5.74, 6) is 0.264. The average Bonchev–Trinajstić information content (AvgIpc) is 3.37. The molecule has 2 aliphatic rings. The summed E-state index contributed by atoms with van der Waals surface area (Å²) in [4.78, 5) is 17.9. The van der Waals surface area contributed by atoms with Gasteiger partial charge < -0.3 is 30.8 Å². The summed E-state index contributed by atoms with van der Waals surface area (Å²) in [6.45, 7) is 3.78. The van der Waals surface area contributed by atoms with Crippen LogP contribution in [0.15, 0.2) is 41.2 Å². The Hall–Kier alpha value is -3.03. The van der Waals surface area contributed by atoms with Crippen molar-refractivity contribution in [2.24, 2.45) is 0 Å². The van der Waals surface area contributed by atoms with Gasteiger partial charge in [-0.3, -0.25) is 0 Å². The minimum atomic E-state index is -3.19. The number of hydrogen-bond donors (Lipinski definition) is 5. The SMILES string of the molecule is CC(C)OC(=O)NC1CCC(c2ncc(-c3ccc(N/C(C=N)=C/NCCF)cc3S(=N)(=O)C3COC3)s2)CC1. The molecule has 1 saturated carbocycles. The van der Waals surface area contributed by atoms with Gasteiger partial charge in [0.25, 0.3) is 0 Å². The van der Waals surface area contributed by atoms with E-state index >= 15 is 0 Å². The van der Waals surface area contributed by atoms with Crippen molar-refractivity contribution < 1.29 is 22.9 Å². The monoisotopic (exact) mass is 592 g/mol. The molecule has 2 fully saturated rings. The number of benzene rings is 1. The van der Waals surface area contributed by atoms with Crippen LogP contribution in [0.3, 0.4) is 0 Å². The highest BCUT2D eigenvalue weighted by Gasteiger charge is 2.33. The molecule has 0 spiro atoms. The first-order chi connectivity index (χ1) is 19.2. The third-order valence-corrected chi connectivity index (χ3v) is 10.3. The Bertz CT molecular complexity index is 1320. The number of aromatic nitrogens is 1. The minimum Gasteiger partial charge on any atom is -0.447 e. The van der Waals surface area contributed by atoms with Crippen molar-refractivity contribution in [1.82, 2.24) is 15.6 Å². The molecule has 40 heavy (non-hydrogen) atoms. The maximum absolute atomic E-state index is 13.8. The second-order valence-electron chi connectivity index (χ2n) is 10.2. The number of allylic oxidation sites excluding steroid dienone is 1. The Morgan fingerprint density at radius 1 is 1.30 bits per heavy atom. The van der Waals surface area contributed by atoms with Gasteiger partial charge in [-0.25, -0.2) is 23.2 Å². The highest BCUT2D eigenvalue weighted by Crippen LogP contribution is 2.41. The van der Waals surface area contributed by atoms with Crippen LogP contribution >= 0.6 is 11.3 Å². The van der Waals surface area contributed by atoms with Crippen LogP contribution in [0.5, 0.6) is 0 Å².